The van der Waals surface area contributed by atoms with Crippen molar-refractivity contribution in [2.75, 3.05) is 13.1 Å². The molecule has 2 aromatic carbocycles. The maximum absolute atomic E-state index is 13.4. The lowest BCUT2D eigenvalue weighted by Gasteiger charge is -2.18. The molecule has 1 saturated heterocycles. The number of rotatable bonds is 3. The molecule has 0 aliphatic carbocycles. The molecule has 2 atom stereocenters. The first-order valence-electron chi connectivity index (χ1n) is 8.55. The van der Waals surface area contributed by atoms with Crippen LogP contribution in [0.2, 0.25) is 0 Å². The van der Waals surface area contributed by atoms with E-state index in [1.54, 1.807) is 12.4 Å². The fourth-order valence-corrected chi connectivity index (χ4v) is 3.80. The molecular weight excluding hydrogens is 328 g/mol. The number of hydrogen-bond donors (Lipinski definition) is 1. The summed E-state index contributed by atoms with van der Waals surface area (Å²) in [7, 11) is 0. The standard InChI is InChI=1S/C21H18N2O3/c24-20(17-8-4-7-15-11-22-10-9-16(15)17)19-13-23(21(25)26)12-18(19)14-5-2-1-3-6-14/h1-11,18-19H,12-13H2,(H,25,26). The fraction of sp³-hybridized carbons (Fsp3) is 0.190. The second-order valence-corrected chi connectivity index (χ2v) is 6.58. The minimum Gasteiger partial charge on any atom is -0.465 e. The Balaban J connectivity index is 1.75. The molecule has 1 aliphatic heterocycles. The van der Waals surface area contributed by atoms with Crippen LogP contribution in [0.15, 0.2) is 67.0 Å². The highest BCUT2D eigenvalue weighted by molar-refractivity contribution is 6.09. The maximum atomic E-state index is 13.4. The SMILES string of the molecule is O=C(c1cccc2cnccc12)C1CN(C(=O)O)CC1c1ccccc1. The summed E-state index contributed by atoms with van der Waals surface area (Å²) in [6.45, 7) is 0.553. The van der Waals surface area contributed by atoms with Gasteiger partial charge in [-0.2, -0.15) is 0 Å². The van der Waals surface area contributed by atoms with E-state index < -0.39 is 12.0 Å². The predicted octanol–water partition coefficient (Wildman–Crippen LogP) is 3.81. The van der Waals surface area contributed by atoms with E-state index in [1.807, 2.05) is 54.6 Å². The fourth-order valence-electron chi connectivity index (χ4n) is 3.80. The lowest BCUT2D eigenvalue weighted by atomic mass is 9.83. The van der Waals surface area contributed by atoms with Crippen LogP contribution in [0.3, 0.4) is 0 Å². The van der Waals surface area contributed by atoms with Gasteiger partial charge in [0.2, 0.25) is 0 Å². The van der Waals surface area contributed by atoms with Crippen LogP contribution in [0.25, 0.3) is 10.8 Å². The molecule has 0 saturated carbocycles. The number of benzene rings is 2. The van der Waals surface area contributed by atoms with Crippen molar-refractivity contribution >= 4 is 22.6 Å². The third-order valence-electron chi connectivity index (χ3n) is 5.10. The van der Waals surface area contributed by atoms with E-state index in [-0.39, 0.29) is 18.2 Å². The number of ketones is 1. The highest BCUT2D eigenvalue weighted by atomic mass is 16.4. The van der Waals surface area contributed by atoms with Crippen molar-refractivity contribution in [3.05, 3.63) is 78.1 Å². The monoisotopic (exact) mass is 346 g/mol. The number of Topliss-reactive ketones (excluding diaryl/α,β-unsaturated/α-hetero) is 1. The highest BCUT2D eigenvalue weighted by Crippen LogP contribution is 2.36. The number of fused-ring (bicyclic) bond motifs is 1. The summed E-state index contributed by atoms with van der Waals surface area (Å²) in [5, 5.41) is 11.2. The van der Waals surface area contributed by atoms with Crippen molar-refractivity contribution in [3.8, 4) is 0 Å². The summed E-state index contributed by atoms with van der Waals surface area (Å²) in [6.07, 6.45) is 2.42. The first-order valence-corrected chi connectivity index (χ1v) is 8.55. The first kappa shape index (κ1) is 16.3. The molecule has 4 rings (SSSR count). The average molecular weight is 346 g/mol. The second-order valence-electron chi connectivity index (χ2n) is 6.58. The molecule has 1 aliphatic rings. The Morgan fingerprint density at radius 2 is 1.81 bits per heavy atom. The van der Waals surface area contributed by atoms with E-state index in [0.29, 0.717) is 12.1 Å². The van der Waals surface area contributed by atoms with Crippen LogP contribution in [0.5, 0.6) is 0 Å². The largest absolute Gasteiger partial charge is 0.465 e. The van der Waals surface area contributed by atoms with Gasteiger partial charge in [-0.15, -0.1) is 0 Å². The molecule has 3 aromatic rings. The molecule has 26 heavy (non-hydrogen) atoms. The molecule has 130 valence electrons. The van der Waals surface area contributed by atoms with Gasteiger partial charge in [-0.1, -0.05) is 48.5 Å². The molecule has 1 fully saturated rings. The molecule has 1 aromatic heterocycles. The Labute approximate surface area is 150 Å². The van der Waals surface area contributed by atoms with Crippen LogP contribution in [0.1, 0.15) is 21.8 Å². The lowest BCUT2D eigenvalue weighted by molar-refractivity contribution is 0.0915. The number of aromatic nitrogens is 1. The van der Waals surface area contributed by atoms with Crippen LogP contribution in [0, 0.1) is 5.92 Å². The summed E-state index contributed by atoms with van der Waals surface area (Å²) in [5.74, 6) is -0.552. The summed E-state index contributed by atoms with van der Waals surface area (Å²) >= 11 is 0. The molecule has 2 unspecified atom stereocenters. The van der Waals surface area contributed by atoms with Gasteiger partial charge in [-0.05, 0) is 17.0 Å². The van der Waals surface area contributed by atoms with Gasteiger partial charge in [-0.3, -0.25) is 9.78 Å². The van der Waals surface area contributed by atoms with Crippen molar-refractivity contribution in [1.82, 2.24) is 9.88 Å². The highest BCUT2D eigenvalue weighted by Gasteiger charge is 2.40. The zero-order valence-corrected chi connectivity index (χ0v) is 14.1. The third-order valence-corrected chi connectivity index (χ3v) is 5.10. The van der Waals surface area contributed by atoms with Crippen molar-refractivity contribution in [1.29, 1.82) is 0 Å². The molecule has 0 spiro atoms. The number of carbonyl (C=O) groups is 2. The van der Waals surface area contributed by atoms with E-state index in [9.17, 15) is 14.7 Å². The van der Waals surface area contributed by atoms with Gasteiger partial charge in [0, 0.05) is 48.3 Å². The molecule has 1 amide bonds. The van der Waals surface area contributed by atoms with E-state index in [1.165, 1.54) is 4.90 Å². The van der Waals surface area contributed by atoms with Crippen molar-refractivity contribution in [2.24, 2.45) is 5.92 Å². The predicted molar refractivity (Wildman–Crippen MR) is 98.3 cm³/mol. The molecular formula is C21H18N2O3. The van der Waals surface area contributed by atoms with Gasteiger partial charge in [-0.25, -0.2) is 4.79 Å². The van der Waals surface area contributed by atoms with E-state index in [2.05, 4.69) is 4.98 Å². The lowest BCUT2D eigenvalue weighted by Crippen LogP contribution is -2.28. The van der Waals surface area contributed by atoms with Crippen molar-refractivity contribution in [2.45, 2.75) is 5.92 Å². The van der Waals surface area contributed by atoms with Gasteiger partial charge in [0.1, 0.15) is 0 Å². The van der Waals surface area contributed by atoms with Gasteiger partial charge >= 0.3 is 6.09 Å². The Morgan fingerprint density at radius 1 is 1.00 bits per heavy atom. The topological polar surface area (TPSA) is 70.5 Å². The summed E-state index contributed by atoms with van der Waals surface area (Å²) < 4.78 is 0. The Bertz CT molecular complexity index is 966. The molecule has 5 heteroatoms. The number of carbonyl (C=O) groups excluding carboxylic acids is 1. The number of carboxylic acid groups (broad SMARTS) is 1. The van der Waals surface area contributed by atoms with E-state index >= 15 is 0 Å². The number of hydrogen-bond acceptors (Lipinski definition) is 3. The summed E-state index contributed by atoms with van der Waals surface area (Å²) in [6, 6.07) is 17.1. The van der Waals surface area contributed by atoms with Crippen LogP contribution in [-0.2, 0) is 0 Å². The molecule has 0 radical (unpaired) electrons. The first-order chi connectivity index (χ1) is 12.6. The maximum Gasteiger partial charge on any atom is 0.407 e. The van der Waals surface area contributed by atoms with Crippen molar-refractivity contribution in [3.63, 3.8) is 0 Å². The minimum absolute atomic E-state index is 0.0144. The zero-order chi connectivity index (χ0) is 18.1. The van der Waals surface area contributed by atoms with Crippen LogP contribution in [0.4, 0.5) is 4.79 Å². The number of pyridine rings is 1. The number of likely N-dealkylation sites (tertiary alicyclic amines) is 1. The molecule has 1 N–H and O–H groups in total. The Kier molecular flexibility index (Phi) is 4.13. The molecule has 0 bridgehead atoms. The molecule has 2 heterocycles. The van der Waals surface area contributed by atoms with Crippen molar-refractivity contribution < 1.29 is 14.7 Å². The van der Waals surface area contributed by atoms with Gasteiger partial charge in [0.15, 0.2) is 5.78 Å². The quantitative estimate of drug-likeness (QED) is 0.732. The normalized spacial score (nSPS) is 19.6. The van der Waals surface area contributed by atoms with E-state index in [0.717, 1.165) is 16.3 Å². The van der Waals surface area contributed by atoms with Crippen LogP contribution >= 0.6 is 0 Å². The van der Waals surface area contributed by atoms with Gasteiger partial charge in [0.05, 0.1) is 0 Å². The number of amides is 1. The summed E-state index contributed by atoms with van der Waals surface area (Å²) in [4.78, 5) is 30.3. The van der Waals surface area contributed by atoms with Gasteiger partial charge in [0.25, 0.3) is 0 Å². The smallest absolute Gasteiger partial charge is 0.407 e. The minimum atomic E-state index is -0.983. The Morgan fingerprint density at radius 3 is 2.58 bits per heavy atom. The zero-order valence-electron chi connectivity index (χ0n) is 14.1. The van der Waals surface area contributed by atoms with E-state index in [4.69, 9.17) is 0 Å². The van der Waals surface area contributed by atoms with Gasteiger partial charge < -0.3 is 10.0 Å². The average Bonchev–Trinajstić information content (AvgIpc) is 3.13. The summed E-state index contributed by atoms with van der Waals surface area (Å²) in [5.41, 5.74) is 1.62. The Hall–Kier alpha value is -3.21. The number of nitrogens with zero attached hydrogens (tertiary/aromatic N) is 2. The second kappa shape index (κ2) is 6.59. The third kappa shape index (κ3) is 2.81. The molecule has 5 nitrogen and oxygen atoms in total. The van der Waals surface area contributed by atoms with Crippen LogP contribution in [-0.4, -0.2) is 40.0 Å². The van der Waals surface area contributed by atoms with Crippen LogP contribution < -0.4 is 0 Å².